The standard InChI is InChI=1S/C11H22N2O2/c1-8-6-13(9(2)5-12-8)7-11(3,4)10(14)15/h8-9,12H,5-7H2,1-4H3,(H,14,15)/t8-,9+/m1/s1. The zero-order valence-corrected chi connectivity index (χ0v) is 10.1. The van der Waals surface area contributed by atoms with Crippen LogP contribution in [0.1, 0.15) is 27.7 Å². The molecule has 1 rings (SSSR count). The Hall–Kier alpha value is -0.610. The van der Waals surface area contributed by atoms with Gasteiger partial charge in [-0.15, -0.1) is 0 Å². The van der Waals surface area contributed by atoms with E-state index in [1.165, 1.54) is 0 Å². The number of carbonyl (C=O) groups is 1. The van der Waals surface area contributed by atoms with E-state index in [1.807, 2.05) is 0 Å². The molecule has 0 spiro atoms. The van der Waals surface area contributed by atoms with Gasteiger partial charge in [0.05, 0.1) is 5.41 Å². The minimum atomic E-state index is -0.721. The molecule has 4 heteroatoms. The maximum Gasteiger partial charge on any atom is 0.310 e. The summed E-state index contributed by atoms with van der Waals surface area (Å²) in [6.45, 7) is 10.3. The molecule has 0 aromatic rings. The van der Waals surface area contributed by atoms with Crippen LogP contribution in [0.5, 0.6) is 0 Å². The fourth-order valence-electron chi connectivity index (χ4n) is 1.89. The van der Waals surface area contributed by atoms with Gasteiger partial charge in [-0.25, -0.2) is 0 Å². The first-order valence-electron chi connectivity index (χ1n) is 5.54. The zero-order chi connectivity index (χ0) is 11.6. The summed E-state index contributed by atoms with van der Waals surface area (Å²) in [6, 6.07) is 0.866. The van der Waals surface area contributed by atoms with Crippen molar-refractivity contribution in [1.82, 2.24) is 10.2 Å². The van der Waals surface area contributed by atoms with E-state index in [-0.39, 0.29) is 0 Å². The number of rotatable bonds is 3. The molecule has 0 bridgehead atoms. The lowest BCUT2D eigenvalue weighted by molar-refractivity contribution is -0.148. The third-order valence-corrected chi connectivity index (χ3v) is 3.07. The number of carboxylic acids is 1. The second-order valence-corrected chi connectivity index (χ2v) is 5.28. The highest BCUT2D eigenvalue weighted by molar-refractivity contribution is 5.73. The van der Waals surface area contributed by atoms with Gasteiger partial charge in [0.15, 0.2) is 0 Å². The monoisotopic (exact) mass is 214 g/mol. The molecule has 1 fully saturated rings. The van der Waals surface area contributed by atoms with Crippen LogP contribution in [0.4, 0.5) is 0 Å². The lowest BCUT2D eigenvalue weighted by atomic mass is 9.92. The predicted octanol–water partition coefficient (Wildman–Crippen LogP) is 0.779. The Morgan fingerprint density at radius 1 is 1.53 bits per heavy atom. The van der Waals surface area contributed by atoms with Crippen molar-refractivity contribution >= 4 is 5.97 Å². The molecule has 0 aromatic carbocycles. The second kappa shape index (κ2) is 4.49. The van der Waals surface area contributed by atoms with Crippen LogP contribution in [-0.2, 0) is 4.79 Å². The molecule has 1 aliphatic heterocycles. The van der Waals surface area contributed by atoms with Crippen LogP contribution in [0.25, 0.3) is 0 Å². The Labute approximate surface area is 91.6 Å². The van der Waals surface area contributed by atoms with Gasteiger partial charge in [-0.1, -0.05) is 0 Å². The topological polar surface area (TPSA) is 52.6 Å². The molecule has 0 saturated carbocycles. The molecule has 0 unspecified atom stereocenters. The molecule has 4 nitrogen and oxygen atoms in total. The van der Waals surface area contributed by atoms with Crippen LogP contribution in [0.3, 0.4) is 0 Å². The predicted molar refractivity (Wildman–Crippen MR) is 59.9 cm³/mol. The summed E-state index contributed by atoms with van der Waals surface area (Å²) in [7, 11) is 0. The summed E-state index contributed by atoms with van der Waals surface area (Å²) < 4.78 is 0. The van der Waals surface area contributed by atoms with E-state index in [2.05, 4.69) is 24.1 Å². The lowest BCUT2D eigenvalue weighted by Gasteiger charge is -2.40. The van der Waals surface area contributed by atoms with Crippen molar-refractivity contribution in [3.05, 3.63) is 0 Å². The van der Waals surface area contributed by atoms with Gasteiger partial charge in [0, 0.05) is 31.7 Å². The van der Waals surface area contributed by atoms with Crippen LogP contribution >= 0.6 is 0 Å². The number of aliphatic carboxylic acids is 1. The van der Waals surface area contributed by atoms with Crippen molar-refractivity contribution < 1.29 is 9.90 Å². The first-order valence-corrected chi connectivity index (χ1v) is 5.54. The average Bonchev–Trinajstić information content (AvgIpc) is 2.10. The lowest BCUT2D eigenvalue weighted by Crippen LogP contribution is -2.57. The average molecular weight is 214 g/mol. The quantitative estimate of drug-likeness (QED) is 0.729. The van der Waals surface area contributed by atoms with Gasteiger partial charge < -0.3 is 10.4 Å². The number of hydrogen-bond acceptors (Lipinski definition) is 3. The van der Waals surface area contributed by atoms with Crippen molar-refractivity contribution in [2.24, 2.45) is 5.41 Å². The molecule has 0 radical (unpaired) electrons. The first-order chi connectivity index (χ1) is 6.83. The highest BCUT2D eigenvalue weighted by atomic mass is 16.4. The SMILES string of the molecule is C[C@@H]1CN(CC(C)(C)C(=O)O)[C@@H](C)CN1. The van der Waals surface area contributed by atoms with E-state index >= 15 is 0 Å². The van der Waals surface area contributed by atoms with Gasteiger partial charge in [0.2, 0.25) is 0 Å². The van der Waals surface area contributed by atoms with Gasteiger partial charge in [-0.05, 0) is 27.7 Å². The summed E-state index contributed by atoms with van der Waals surface area (Å²) >= 11 is 0. The molecular weight excluding hydrogens is 192 g/mol. The van der Waals surface area contributed by atoms with Gasteiger partial charge in [0.1, 0.15) is 0 Å². The number of piperazine rings is 1. The summed E-state index contributed by atoms with van der Waals surface area (Å²) in [4.78, 5) is 13.3. The van der Waals surface area contributed by atoms with Crippen molar-refractivity contribution in [3.63, 3.8) is 0 Å². The summed E-state index contributed by atoms with van der Waals surface area (Å²) in [5, 5.41) is 12.5. The van der Waals surface area contributed by atoms with Crippen molar-refractivity contribution in [2.45, 2.75) is 39.8 Å². The fraction of sp³-hybridized carbons (Fsp3) is 0.909. The molecule has 2 N–H and O–H groups in total. The van der Waals surface area contributed by atoms with E-state index in [4.69, 9.17) is 5.11 Å². The normalized spacial score (nSPS) is 29.1. The highest BCUT2D eigenvalue weighted by Crippen LogP contribution is 2.20. The van der Waals surface area contributed by atoms with Crippen LogP contribution < -0.4 is 5.32 Å². The molecule has 0 aromatic heterocycles. The molecule has 0 aliphatic carbocycles. The Kier molecular flexibility index (Phi) is 3.73. The van der Waals surface area contributed by atoms with Crippen molar-refractivity contribution in [3.8, 4) is 0 Å². The fourth-order valence-corrected chi connectivity index (χ4v) is 1.89. The molecule has 0 amide bonds. The third-order valence-electron chi connectivity index (χ3n) is 3.07. The third kappa shape index (κ3) is 3.18. The van der Waals surface area contributed by atoms with Gasteiger partial charge in [-0.2, -0.15) is 0 Å². The molecule has 1 aliphatic rings. The summed E-state index contributed by atoms with van der Waals surface area (Å²) in [6.07, 6.45) is 0. The minimum absolute atomic E-state index is 0.417. The van der Waals surface area contributed by atoms with Gasteiger partial charge in [-0.3, -0.25) is 9.69 Å². The van der Waals surface area contributed by atoms with Crippen LogP contribution in [0.2, 0.25) is 0 Å². The minimum Gasteiger partial charge on any atom is -0.481 e. The second-order valence-electron chi connectivity index (χ2n) is 5.28. The number of hydrogen-bond donors (Lipinski definition) is 2. The Bertz CT molecular complexity index is 241. The molecule has 1 heterocycles. The Morgan fingerprint density at radius 2 is 2.13 bits per heavy atom. The van der Waals surface area contributed by atoms with Crippen LogP contribution in [-0.4, -0.2) is 47.7 Å². The Morgan fingerprint density at radius 3 is 2.67 bits per heavy atom. The molecule has 1 saturated heterocycles. The number of nitrogens with zero attached hydrogens (tertiary/aromatic N) is 1. The van der Waals surface area contributed by atoms with Crippen LogP contribution in [0.15, 0.2) is 0 Å². The smallest absolute Gasteiger partial charge is 0.310 e. The summed E-state index contributed by atoms with van der Waals surface area (Å²) in [5.41, 5.74) is -0.661. The number of carboxylic acid groups (broad SMARTS) is 1. The largest absolute Gasteiger partial charge is 0.481 e. The number of nitrogens with one attached hydrogen (secondary N) is 1. The molecule has 2 atom stereocenters. The van der Waals surface area contributed by atoms with Gasteiger partial charge >= 0.3 is 5.97 Å². The van der Waals surface area contributed by atoms with E-state index < -0.39 is 11.4 Å². The van der Waals surface area contributed by atoms with E-state index in [0.717, 1.165) is 13.1 Å². The maximum atomic E-state index is 11.0. The van der Waals surface area contributed by atoms with Crippen molar-refractivity contribution in [2.75, 3.05) is 19.6 Å². The van der Waals surface area contributed by atoms with E-state index in [9.17, 15) is 4.79 Å². The zero-order valence-electron chi connectivity index (χ0n) is 10.1. The van der Waals surface area contributed by atoms with Gasteiger partial charge in [0.25, 0.3) is 0 Å². The van der Waals surface area contributed by atoms with Crippen LogP contribution in [0, 0.1) is 5.41 Å². The van der Waals surface area contributed by atoms with E-state index in [0.29, 0.717) is 18.6 Å². The highest BCUT2D eigenvalue weighted by Gasteiger charge is 2.33. The molecular formula is C11H22N2O2. The molecule has 15 heavy (non-hydrogen) atoms. The summed E-state index contributed by atoms with van der Waals surface area (Å²) in [5.74, 6) is -0.721. The van der Waals surface area contributed by atoms with E-state index in [1.54, 1.807) is 13.8 Å². The molecule has 88 valence electrons. The van der Waals surface area contributed by atoms with Crippen molar-refractivity contribution in [1.29, 1.82) is 0 Å². The first kappa shape index (κ1) is 12.5. The maximum absolute atomic E-state index is 11.0. The Balaban J connectivity index is 2.59.